The minimum Gasteiger partial charge on any atom is -0.380 e. The normalized spacial score (nSPS) is 16.7. The van der Waals surface area contributed by atoms with Gasteiger partial charge in [0.1, 0.15) is 6.04 Å². The van der Waals surface area contributed by atoms with Gasteiger partial charge in [-0.1, -0.05) is 48.0 Å². The van der Waals surface area contributed by atoms with E-state index in [0.717, 1.165) is 29.5 Å². The molecule has 1 saturated heterocycles. The van der Waals surface area contributed by atoms with Crippen molar-refractivity contribution in [3.63, 3.8) is 0 Å². The molecule has 1 atom stereocenters. The molecule has 1 aliphatic heterocycles. The summed E-state index contributed by atoms with van der Waals surface area (Å²) in [7, 11) is 1.77. The van der Waals surface area contributed by atoms with Gasteiger partial charge in [-0.3, -0.25) is 9.59 Å². The number of rotatable bonds is 7. The van der Waals surface area contributed by atoms with Crippen molar-refractivity contribution in [3.8, 4) is 0 Å². The zero-order valence-corrected chi connectivity index (χ0v) is 18.2. The van der Waals surface area contributed by atoms with Crippen molar-refractivity contribution < 1.29 is 9.59 Å². The number of benzene rings is 2. The van der Waals surface area contributed by atoms with E-state index in [1.165, 1.54) is 0 Å². The number of nitrogens with one attached hydrogen (secondary N) is 1. The van der Waals surface area contributed by atoms with Crippen molar-refractivity contribution >= 4 is 29.5 Å². The highest BCUT2D eigenvalue weighted by atomic mass is 35.5. The van der Waals surface area contributed by atoms with Gasteiger partial charge in [-0.05, 0) is 60.9 Å². The Labute approximate surface area is 183 Å². The summed E-state index contributed by atoms with van der Waals surface area (Å²) < 4.78 is 0. The smallest absolute Gasteiger partial charge is 0.245 e. The summed E-state index contributed by atoms with van der Waals surface area (Å²) in [5.41, 5.74) is 3.19. The number of hydrogen-bond acceptors (Lipinski definition) is 3. The van der Waals surface area contributed by atoms with E-state index in [4.69, 9.17) is 11.6 Å². The molecule has 5 nitrogen and oxygen atoms in total. The molecule has 0 spiro atoms. The number of piperidine rings is 1. The third-order valence-corrected chi connectivity index (χ3v) is 5.57. The van der Waals surface area contributed by atoms with Crippen molar-refractivity contribution in [3.05, 3.63) is 76.4 Å². The van der Waals surface area contributed by atoms with Crippen molar-refractivity contribution in [1.29, 1.82) is 0 Å². The van der Waals surface area contributed by atoms with E-state index in [9.17, 15) is 9.59 Å². The van der Waals surface area contributed by atoms with E-state index in [1.54, 1.807) is 16.8 Å². The molecule has 0 saturated carbocycles. The molecule has 2 aromatic carbocycles. The van der Waals surface area contributed by atoms with E-state index < -0.39 is 0 Å². The molecular formula is C24H28ClN3O2. The van der Waals surface area contributed by atoms with Crippen LogP contribution in [0.1, 0.15) is 29.5 Å². The Hall–Kier alpha value is -2.79. The third kappa shape index (κ3) is 5.86. The molecule has 0 radical (unpaired) electrons. The first kappa shape index (κ1) is 21.9. The monoisotopic (exact) mass is 425 g/mol. The maximum atomic E-state index is 12.8. The number of halogens is 1. The van der Waals surface area contributed by atoms with Crippen LogP contribution in [0.15, 0.2) is 54.7 Å². The Bertz CT molecular complexity index is 914. The molecule has 158 valence electrons. The van der Waals surface area contributed by atoms with Crippen LogP contribution in [0, 0.1) is 6.92 Å². The highest BCUT2D eigenvalue weighted by molar-refractivity contribution is 6.30. The number of likely N-dealkylation sites (N-methyl/N-ethyl adjacent to an activating group) is 1. The lowest BCUT2D eigenvalue weighted by Crippen LogP contribution is -2.52. The average Bonchev–Trinajstić information content (AvgIpc) is 2.73. The minimum absolute atomic E-state index is 0.0276. The van der Waals surface area contributed by atoms with Gasteiger partial charge in [0.15, 0.2) is 0 Å². The fourth-order valence-electron chi connectivity index (χ4n) is 3.56. The van der Waals surface area contributed by atoms with Crippen LogP contribution < -0.4 is 5.32 Å². The predicted molar refractivity (Wildman–Crippen MR) is 121 cm³/mol. The number of carbonyl (C=O) groups is 2. The summed E-state index contributed by atoms with van der Waals surface area (Å²) in [6.07, 6.45) is 5.38. The topological polar surface area (TPSA) is 52.7 Å². The molecule has 2 amide bonds. The van der Waals surface area contributed by atoms with E-state index >= 15 is 0 Å². The Morgan fingerprint density at radius 2 is 2.03 bits per heavy atom. The van der Waals surface area contributed by atoms with Gasteiger partial charge in [0.25, 0.3) is 0 Å². The van der Waals surface area contributed by atoms with Gasteiger partial charge in [0.05, 0.1) is 6.54 Å². The number of aryl methyl sites for hydroxylation is 1. The predicted octanol–water partition coefficient (Wildman–Crippen LogP) is 3.86. The van der Waals surface area contributed by atoms with Crippen LogP contribution >= 0.6 is 11.6 Å². The first-order valence-corrected chi connectivity index (χ1v) is 10.6. The molecule has 3 rings (SSSR count). The molecule has 30 heavy (non-hydrogen) atoms. The highest BCUT2D eigenvalue weighted by Gasteiger charge is 2.29. The standard InChI is InChI=1S/C24H28ClN3O2/c1-18-15-21(25)11-10-20(18)12-13-26-22-9-6-14-28(24(22)30)17-23(29)27(2)16-19-7-4-3-5-8-19/h3-5,7-8,10-13,15,22,26H,6,9,14,16-17H2,1-2H3/b13-12+. The second kappa shape index (κ2) is 10.3. The van der Waals surface area contributed by atoms with Crippen LogP contribution in [0.25, 0.3) is 6.08 Å². The SMILES string of the molecule is Cc1cc(Cl)ccc1/C=C/NC1CCCN(CC(=O)N(C)Cc2ccccc2)C1=O. The zero-order valence-electron chi connectivity index (χ0n) is 17.5. The van der Waals surface area contributed by atoms with Crippen LogP contribution in [-0.4, -0.2) is 47.8 Å². The van der Waals surface area contributed by atoms with Gasteiger partial charge < -0.3 is 15.1 Å². The van der Waals surface area contributed by atoms with Crippen molar-refractivity contribution in [2.75, 3.05) is 20.1 Å². The molecular weight excluding hydrogens is 398 g/mol. The summed E-state index contributed by atoms with van der Waals surface area (Å²) >= 11 is 6.00. The Morgan fingerprint density at radius 3 is 2.77 bits per heavy atom. The lowest BCUT2D eigenvalue weighted by atomic mass is 10.0. The molecule has 1 unspecified atom stereocenters. The fraction of sp³-hybridized carbons (Fsp3) is 0.333. The molecule has 0 bridgehead atoms. The Kier molecular flexibility index (Phi) is 7.52. The van der Waals surface area contributed by atoms with Gasteiger partial charge in [-0.25, -0.2) is 0 Å². The van der Waals surface area contributed by atoms with E-state index in [2.05, 4.69) is 5.32 Å². The highest BCUT2D eigenvalue weighted by Crippen LogP contribution is 2.17. The molecule has 1 N–H and O–H groups in total. The summed E-state index contributed by atoms with van der Waals surface area (Å²) in [6, 6.07) is 15.2. The maximum absolute atomic E-state index is 12.8. The van der Waals surface area contributed by atoms with Crippen molar-refractivity contribution in [2.45, 2.75) is 32.4 Å². The fourth-order valence-corrected chi connectivity index (χ4v) is 3.79. The zero-order chi connectivity index (χ0) is 21.5. The van der Waals surface area contributed by atoms with Crippen molar-refractivity contribution in [1.82, 2.24) is 15.1 Å². The molecule has 1 heterocycles. The van der Waals surface area contributed by atoms with E-state index in [0.29, 0.717) is 18.1 Å². The number of hydrogen-bond donors (Lipinski definition) is 1. The quantitative estimate of drug-likeness (QED) is 0.732. The van der Waals surface area contributed by atoms with Crippen LogP contribution in [0.4, 0.5) is 0 Å². The molecule has 1 aliphatic rings. The van der Waals surface area contributed by atoms with Crippen LogP contribution in [0.2, 0.25) is 5.02 Å². The average molecular weight is 426 g/mol. The van der Waals surface area contributed by atoms with Crippen molar-refractivity contribution in [2.24, 2.45) is 0 Å². The van der Waals surface area contributed by atoms with Gasteiger partial charge >= 0.3 is 0 Å². The number of carbonyl (C=O) groups excluding carboxylic acids is 2. The second-order valence-electron chi connectivity index (χ2n) is 7.69. The number of amides is 2. The maximum Gasteiger partial charge on any atom is 0.245 e. The van der Waals surface area contributed by atoms with Crippen LogP contribution in [0.3, 0.4) is 0 Å². The lowest BCUT2D eigenvalue weighted by Gasteiger charge is -2.33. The number of nitrogens with zero attached hydrogens (tertiary/aromatic N) is 2. The Morgan fingerprint density at radius 1 is 1.27 bits per heavy atom. The largest absolute Gasteiger partial charge is 0.380 e. The lowest BCUT2D eigenvalue weighted by molar-refractivity contribution is -0.143. The van der Waals surface area contributed by atoms with E-state index in [1.807, 2.05) is 67.7 Å². The molecule has 2 aromatic rings. The molecule has 6 heteroatoms. The van der Waals surface area contributed by atoms with Gasteiger partial charge in [-0.2, -0.15) is 0 Å². The van der Waals surface area contributed by atoms with E-state index in [-0.39, 0.29) is 24.4 Å². The minimum atomic E-state index is -0.310. The first-order chi connectivity index (χ1) is 14.4. The Balaban J connectivity index is 1.54. The van der Waals surface area contributed by atoms with Crippen LogP contribution in [0.5, 0.6) is 0 Å². The summed E-state index contributed by atoms with van der Waals surface area (Å²) in [5, 5.41) is 3.91. The summed E-state index contributed by atoms with van der Waals surface area (Å²) in [6.45, 7) is 3.26. The first-order valence-electron chi connectivity index (χ1n) is 10.2. The third-order valence-electron chi connectivity index (χ3n) is 5.34. The molecule has 1 fully saturated rings. The second-order valence-corrected chi connectivity index (χ2v) is 8.13. The molecule has 0 aliphatic carbocycles. The number of likely N-dealkylation sites (tertiary alicyclic amines) is 1. The summed E-state index contributed by atoms with van der Waals surface area (Å²) in [5.74, 6) is -0.0830. The van der Waals surface area contributed by atoms with Gasteiger partial charge in [0.2, 0.25) is 11.8 Å². The van der Waals surface area contributed by atoms with Gasteiger partial charge in [0, 0.05) is 25.2 Å². The van der Waals surface area contributed by atoms with Gasteiger partial charge in [-0.15, -0.1) is 0 Å². The van der Waals surface area contributed by atoms with Crippen LogP contribution in [-0.2, 0) is 16.1 Å². The molecule has 0 aromatic heterocycles. The summed E-state index contributed by atoms with van der Waals surface area (Å²) in [4.78, 5) is 28.8.